The molecule has 2 aliphatic rings. The predicted octanol–water partition coefficient (Wildman–Crippen LogP) is 1.49. The number of thiazole rings is 1. The molecule has 25 heavy (non-hydrogen) atoms. The Kier molecular flexibility index (Phi) is 4.74. The number of amides is 1. The molecule has 132 valence electrons. The highest BCUT2D eigenvalue weighted by atomic mass is 32.1. The fourth-order valence-electron chi connectivity index (χ4n) is 3.70. The molecule has 2 aromatic rings. The summed E-state index contributed by atoms with van der Waals surface area (Å²) in [6, 6.07) is 0.114. The van der Waals surface area contributed by atoms with Crippen molar-refractivity contribution in [2.24, 2.45) is 0 Å². The van der Waals surface area contributed by atoms with Gasteiger partial charge in [0.2, 0.25) is 0 Å². The summed E-state index contributed by atoms with van der Waals surface area (Å²) < 4.78 is 6.16. The van der Waals surface area contributed by atoms with E-state index in [4.69, 9.17) is 4.74 Å². The van der Waals surface area contributed by atoms with E-state index in [1.54, 1.807) is 17.5 Å². The van der Waals surface area contributed by atoms with Gasteiger partial charge in [0.25, 0.3) is 5.91 Å². The van der Waals surface area contributed by atoms with Gasteiger partial charge in [-0.25, -0.2) is 9.97 Å². The molecule has 4 heterocycles. The minimum atomic E-state index is -0.159. The van der Waals surface area contributed by atoms with E-state index in [0.29, 0.717) is 12.3 Å². The summed E-state index contributed by atoms with van der Waals surface area (Å²) in [5.74, 6) is -0.159. The maximum absolute atomic E-state index is 12.3. The zero-order valence-electron chi connectivity index (χ0n) is 13.9. The Morgan fingerprint density at radius 3 is 3.16 bits per heavy atom. The average Bonchev–Trinajstić information content (AvgIpc) is 3.27. The Hall–Kier alpha value is -1.90. The largest absolute Gasteiger partial charge is 0.373 e. The number of aromatic nitrogens is 3. The zero-order chi connectivity index (χ0) is 17.1. The molecular formula is C17H21N5O2S. The smallest absolute Gasteiger partial charge is 0.271 e. The van der Waals surface area contributed by atoms with Crippen LogP contribution in [-0.2, 0) is 11.3 Å². The SMILES string of the molecule is O=C(N[C@H]1CCO[C@]2(CCN(Cc3nccs3)C2)C1)c1cnccn1. The van der Waals surface area contributed by atoms with Crippen molar-refractivity contribution in [3.05, 3.63) is 40.9 Å². The second-order valence-electron chi connectivity index (χ2n) is 6.67. The van der Waals surface area contributed by atoms with Gasteiger partial charge in [0.05, 0.1) is 18.3 Å². The fourth-order valence-corrected chi connectivity index (χ4v) is 4.35. The van der Waals surface area contributed by atoms with Gasteiger partial charge < -0.3 is 10.1 Å². The summed E-state index contributed by atoms with van der Waals surface area (Å²) in [6.45, 7) is 3.45. The molecule has 2 atom stereocenters. The van der Waals surface area contributed by atoms with Crippen LogP contribution in [-0.4, -0.2) is 57.1 Å². The van der Waals surface area contributed by atoms with Crippen LogP contribution < -0.4 is 5.32 Å². The van der Waals surface area contributed by atoms with Crippen LogP contribution in [0.5, 0.6) is 0 Å². The molecule has 1 amide bonds. The molecule has 2 aromatic heterocycles. The van der Waals surface area contributed by atoms with Crippen molar-refractivity contribution in [1.82, 2.24) is 25.2 Å². The van der Waals surface area contributed by atoms with Gasteiger partial charge in [-0.1, -0.05) is 0 Å². The van der Waals surface area contributed by atoms with Crippen LogP contribution in [0.1, 0.15) is 34.8 Å². The van der Waals surface area contributed by atoms with Crippen LogP contribution in [0.3, 0.4) is 0 Å². The molecule has 1 spiro atoms. The molecule has 0 aliphatic carbocycles. The van der Waals surface area contributed by atoms with Crippen molar-refractivity contribution >= 4 is 17.2 Å². The van der Waals surface area contributed by atoms with E-state index >= 15 is 0 Å². The first-order valence-electron chi connectivity index (χ1n) is 8.54. The highest BCUT2D eigenvalue weighted by Gasteiger charge is 2.43. The Morgan fingerprint density at radius 2 is 2.36 bits per heavy atom. The second kappa shape index (κ2) is 7.15. The molecule has 2 saturated heterocycles. The number of carbonyl (C=O) groups is 1. The number of nitrogens with zero attached hydrogens (tertiary/aromatic N) is 4. The van der Waals surface area contributed by atoms with E-state index in [9.17, 15) is 4.79 Å². The highest BCUT2D eigenvalue weighted by molar-refractivity contribution is 7.09. The van der Waals surface area contributed by atoms with Crippen LogP contribution in [0.2, 0.25) is 0 Å². The number of nitrogens with one attached hydrogen (secondary N) is 1. The third kappa shape index (κ3) is 3.86. The maximum atomic E-state index is 12.3. The monoisotopic (exact) mass is 359 g/mol. The highest BCUT2D eigenvalue weighted by Crippen LogP contribution is 2.35. The number of carbonyl (C=O) groups excluding carboxylic acids is 1. The summed E-state index contributed by atoms with van der Waals surface area (Å²) in [6.07, 6.45) is 9.11. The summed E-state index contributed by atoms with van der Waals surface area (Å²) in [5, 5.41) is 6.25. The lowest BCUT2D eigenvalue weighted by Gasteiger charge is -2.38. The second-order valence-corrected chi connectivity index (χ2v) is 7.65. The first-order valence-corrected chi connectivity index (χ1v) is 9.42. The zero-order valence-corrected chi connectivity index (χ0v) is 14.7. The van der Waals surface area contributed by atoms with E-state index in [0.717, 1.165) is 43.9 Å². The third-order valence-electron chi connectivity index (χ3n) is 4.86. The van der Waals surface area contributed by atoms with Crippen LogP contribution in [0, 0.1) is 0 Å². The van der Waals surface area contributed by atoms with Crippen LogP contribution in [0.25, 0.3) is 0 Å². The molecule has 0 saturated carbocycles. The molecule has 0 bridgehead atoms. The Bertz CT molecular complexity index is 711. The van der Waals surface area contributed by atoms with Gasteiger partial charge >= 0.3 is 0 Å². The Morgan fingerprint density at radius 1 is 1.40 bits per heavy atom. The van der Waals surface area contributed by atoms with Crippen molar-refractivity contribution in [3.63, 3.8) is 0 Å². The van der Waals surface area contributed by atoms with Gasteiger partial charge in [0.15, 0.2) is 0 Å². The van der Waals surface area contributed by atoms with Gasteiger partial charge in [0.1, 0.15) is 10.7 Å². The molecule has 1 N–H and O–H groups in total. The van der Waals surface area contributed by atoms with Crippen LogP contribution >= 0.6 is 11.3 Å². The van der Waals surface area contributed by atoms with Gasteiger partial charge in [-0.3, -0.25) is 14.7 Å². The van der Waals surface area contributed by atoms with Crippen molar-refractivity contribution < 1.29 is 9.53 Å². The van der Waals surface area contributed by atoms with Crippen molar-refractivity contribution in [3.8, 4) is 0 Å². The third-order valence-corrected chi connectivity index (χ3v) is 5.63. The Labute approximate surface area is 150 Å². The molecular weight excluding hydrogens is 338 g/mol. The summed E-state index contributed by atoms with van der Waals surface area (Å²) in [5.41, 5.74) is 0.204. The fraction of sp³-hybridized carbons (Fsp3) is 0.529. The molecule has 4 rings (SSSR count). The first kappa shape index (κ1) is 16.6. The molecule has 0 radical (unpaired) electrons. The lowest BCUT2D eigenvalue weighted by molar-refractivity contribution is -0.0793. The summed E-state index contributed by atoms with van der Waals surface area (Å²) in [4.78, 5) is 27.1. The van der Waals surface area contributed by atoms with Gasteiger partial charge in [-0.2, -0.15) is 0 Å². The van der Waals surface area contributed by atoms with E-state index in [1.165, 1.54) is 12.4 Å². The molecule has 0 aromatic carbocycles. The molecule has 0 unspecified atom stereocenters. The van der Waals surface area contributed by atoms with Gasteiger partial charge in [-0.15, -0.1) is 11.3 Å². The molecule has 8 heteroatoms. The van der Waals surface area contributed by atoms with E-state index in [-0.39, 0.29) is 17.6 Å². The minimum absolute atomic E-state index is 0.114. The van der Waals surface area contributed by atoms with Crippen LogP contribution in [0.15, 0.2) is 30.2 Å². The lowest BCUT2D eigenvalue weighted by Crippen LogP contribution is -2.50. The van der Waals surface area contributed by atoms with E-state index < -0.39 is 0 Å². The normalized spacial score (nSPS) is 26.8. The molecule has 2 fully saturated rings. The number of hydrogen-bond acceptors (Lipinski definition) is 7. The van der Waals surface area contributed by atoms with E-state index in [1.807, 2.05) is 11.6 Å². The standard InChI is InChI=1S/C17H21N5O2S/c23-16(14-10-18-3-4-19-14)21-13-1-7-24-17(9-13)2-6-22(12-17)11-15-20-5-8-25-15/h3-5,8,10,13H,1-2,6-7,9,11-12H2,(H,21,23)/t13-,17+/m0/s1. The van der Waals surface area contributed by atoms with Gasteiger partial charge in [0, 0.05) is 49.7 Å². The number of ether oxygens (including phenoxy) is 1. The minimum Gasteiger partial charge on any atom is -0.373 e. The summed E-state index contributed by atoms with van der Waals surface area (Å²) in [7, 11) is 0. The van der Waals surface area contributed by atoms with Crippen molar-refractivity contribution in [2.45, 2.75) is 37.5 Å². The van der Waals surface area contributed by atoms with Crippen LogP contribution in [0.4, 0.5) is 0 Å². The lowest BCUT2D eigenvalue weighted by atomic mass is 9.89. The summed E-state index contributed by atoms with van der Waals surface area (Å²) >= 11 is 1.69. The van der Waals surface area contributed by atoms with Crippen molar-refractivity contribution in [1.29, 1.82) is 0 Å². The number of rotatable bonds is 4. The Balaban J connectivity index is 1.35. The number of hydrogen-bond donors (Lipinski definition) is 1. The molecule has 2 aliphatic heterocycles. The average molecular weight is 359 g/mol. The van der Waals surface area contributed by atoms with E-state index in [2.05, 4.69) is 25.2 Å². The van der Waals surface area contributed by atoms with Crippen molar-refractivity contribution in [2.75, 3.05) is 19.7 Å². The van der Waals surface area contributed by atoms with Gasteiger partial charge in [-0.05, 0) is 19.3 Å². The quantitative estimate of drug-likeness (QED) is 0.891. The first-order chi connectivity index (χ1) is 12.2. The molecule has 7 nitrogen and oxygen atoms in total. The maximum Gasteiger partial charge on any atom is 0.271 e. The predicted molar refractivity (Wildman–Crippen MR) is 93.2 cm³/mol. The number of likely N-dealkylation sites (tertiary alicyclic amines) is 1. The topological polar surface area (TPSA) is 80.2 Å².